The molecule has 0 spiro atoms. The van der Waals surface area contributed by atoms with Gasteiger partial charge in [-0.3, -0.25) is 4.99 Å². The second kappa shape index (κ2) is 7.16. The predicted octanol–water partition coefficient (Wildman–Crippen LogP) is 0.995. The summed E-state index contributed by atoms with van der Waals surface area (Å²) in [5.41, 5.74) is 7.79. The summed E-state index contributed by atoms with van der Waals surface area (Å²) < 4.78 is 4.93. The van der Waals surface area contributed by atoms with Crippen LogP contribution in [-0.4, -0.2) is 37.4 Å². The molecule has 5 nitrogen and oxygen atoms in total. The molecule has 5 heteroatoms. The van der Waals surface area contributed by atoms with Crippen LogP contribution in [0.5, 0.6) is 0 Å². The van der Waals surface area contributed by atoms with Gasteiger partial charge in [-0.15, -0.1) is 0 Å². The molecule has 0 bridgehead atoms. The van der Waals surface area contributed by atoms with Crippen molar-refractivity contribution in [1.29, 1.82) is 0 Å². The molecule has 102 valence electrons. The van der Waals surface area contributed by atoms with E-state index in [1.165, 1.54) is 0 Å². The summed E-state index contributed by atoms with van der Waals surface area (Å²) in [5.74, 6) is -0.451. The number of carbonyl (C=O) groups excluding carboxylic acids is 1. The van der Waals surface area contributed by atoms with Gasteiger partial charge < -0.3 is 15.8 Å². The molecule has 0 aliphatic carbocycles. The van der Waals surface area contributed by atoms with Crippen LogP contribution in [-0.2, 0) is 9.53 Å². The van der Waals surface area contributed by atoms with E-state index in [4.69, 9.17) is 10.5 Å². The minimum atomic E-state index is -0.451. The lowest BCUT2D eigenvalue weighted by Crippen LogP contribution is -2.35. The quantitative estimate of drug-likeness (QED) is 0.579. The molecule has 0 aromatic carbocycles. The maximum atomic E-state index is 11.7. The molecule has 1 saturated heterocycles. The fourth-order valence-electron chi connectivity index (χ4n) is 1.76. The van der Waals surface area contributed by atoms with E-state index in [1.54, 1.807) is 6.92 Å². The third kappa shape index (κ3) is 3.84. The molecule has 0 radical (unpaired) electrons. The Morgan fingerprint density at radius 2 is 2.28 bits per heavy atom. The van der Waals surface area contributed by atoms with Crippen LogP contribution >= 0.6 is 0 Å². The third-order valence-electron chi connectivity index (χ3n) is 2.98. The van der Waals surface area contributed by atoms with Crippen LogP contribution in [0, 0.1) is 0 Å². The van der Waals surface area contributed by atoms with Gasteiger partial charge in [0.1, 0.15) is 5.70 Å². The van der Waals surface area contributed by atoms with Gasteiger partial charge in [0.05, 0.1) is 6.61 Å². The van der Waals surface area contributed by atoms with E-state index in [9.17, 15) is 4.79 Å². The Bertz CT molecular complexity index is 361. The van der Waals surface area contributed by atoms with Gasteiger partial charge in [-0.1, -0.05) is 6.92 Å². The smallest absolute Gasteiger partial charge is 0.354 e. The van der Waals surface area contributed by atoms with Gasteiger partial charge in [-0.2, -0.15) is 0 Å². The number of nitrogens with one attached hydrogen (secondary N) is 1. The van der Waals surface area contributed by atoms with E-state index >= 15 is 0 Å². The number of piperidine rings is 1. The molecular formula is C13H23N3O2. The normalized spacial score (nSPS) is 22.7. The van der Waals surface area contributed by atoms with Gasteiger partial charge >= 0.3 is 5.97 Å². The number of esters is 1. The number of rotatable bonds is 4. The molecule has 1 aliphatic rings. The molecule has 0 saturated carbocycles. The van der Waals surface area contributed by atoms with Crippen molar-refractivity contribution in [2.24, 2.45) is 10.7 Å². The molecule has 0 unspecified atom stereocenters. The summed E-state index contributed by atoms with van der Waals surface area (Å²) in [6, 6.07) is 0.253. The first-order valence-corrected chi connectivity index (χ1v) is 6.53. The standard InChI is InChI=1S/C13H23N3O2/c1-4-9(3)16-11-6-7-15-8-10(11)12(14)13(17)18-5-2/h9,15H,4-8,14H2,1-3H3/b12-10-,16-11?/t9-/m1/s1. The number of carbonyl (C=O) groups is 1. The van der Waals surface area contributed by atoms with Crippen LogP contribution < -0.4 is 11.1 Å². The first-order valence-electron chi connectivity index (χ1n) is 6.53. The molecule has 1 aliphatic heterocycles. The molecule has 0 aromatic heterocycles. The van der Waals surface area contributed by atoms with Crippen molar-refractivity contribution in [3.8, 4) is 0 Å². The Hall–Kier alpha value is -1.36. The van der Waals surface area contributed by atoms with Gasteiger partial charge in [0.25, 0.3) is 0 Å². The van der Waals surface area contributed by atoms with Gasteiger partial charge in [0, 0.05) is 36.8 Å². The SMILES string of the molecule is CCOC(=O)/C(N)=C1\CNCCC1=N[C@H](C)CC. The zero-order chi connectivity index (χ0) is 13.5. The number of hydrogen-bond acceptors (Lipinski definition) is 5. The van der Waals surface area contributed by atoms with Crippen LogP contribution in [0.2, 0.25) is 0 Å². The highest BCUT2D eigenvalue weighted by atomic mass is 16.5. The van der Waals surface area contributed by atoms with Crippen molar-refractivity contribution >= 4 is 11.7 Å². The summed E-state index contributed by atoms with van der Waals surface area (Å²) in [6.07, 6.45) is 1.78. The lowest BCUT2D eigenvalue weighted by molar-refractivity contribution is -0.138. The number of nitrogens with zero attached hydrogens (tertiary/aromatic N) is 1. The highest BCUT2D eigenvalue weighted by Crippen LogP contribution is 2.13. The number of ether oxygens (including phenoxy) is 1. The van der Waals surface area contributed by atoms with Crippen molar-refractivity contribution in [2.45, 2.75) is 39.7 Å². The van der Waals surface area contributed by atoms with E-state index in [-0.39, 0.29) is 11.7 Å². The fraction of sp³-hybridized carbons (Fsp3) is 0.692. The second-order valence-electron chi connectivity index (χ2n) is 4.37. The van der Waals surface area contributed by atoms with Crippen molar-refractivity contribution in [3.05, 3.63) is 11.3 Å². The Morgan fingerprint density at radius 3 is 2.89 bits per heavy atom. The Morgan fingerprint density at radius 1 is 1.56 bits per heavy atom. The molecule has 0 aromatic rings. The van der Waals surface area contributed by atoms with Crippen molar-refractivity contribution < 1.29 is 9.53 Å². The van der Waals surface area contributed by atoms with Crippen molar-refractivity contribution in [2.75, 3.05) is 19.7 Å². The highest BCUT2D eigenvalue weighted by molar-refractivity contribution is 6.07. The monoisotopic (exact) mass is 253 g/mol. The van der Waals surface area contributed by atoms with Gasteiger partial charge in [-0.05, 0) is 20.3 Å². The minimum Gasteiger partial charge on any atom is -0.461 e. The lowest BCUT2D eigenvalue weighted by Gasteiger charge is -2.21. The summed E-state index contributed by atoms with van der Waals surface area (Å²) >= 11 is 0. The third-order valence-corrected chi connectivity index (χ3v) is 2.98. The fourth-order valence-corrected chi connectivity index (χ4v) is 1.76. The summed E-state index contributed by atoms with van der Waals surface area (Å²) in [6.45, 7) is 7.71. The average molecular weight is 253 g/mol. The Kier molecular flexibility index (Phi) is 5.85. The predicted molar refractivity (Wildman–Crippen MR) is 72.5 cm³/mol. The van der Waals surface area contributed by atoms with E-state index < -0.39 is 5.97 Å². The molecule has 1 atom stereocenters. The van der Waals surface area contributed by atoms with E-state index in [0.717, 1.165) is 30.7 Å². The number of aliphatic imine (C=N–C) groups is 1. The summed E-state index contributed by atoms with van der Waals surface area (Å²) in [4.78, 5) is 16.3. The van der Waals surface area contributed by atoms with E-state index in [2.05, 4.69) is 24.2 Å². The largest absolute Gasteiger partial charge is 0.461 e. The molecule has 18 heavy (non-hydrogen) atoms. The maximum absolute atomic E-state index is 11.7. The average Bonchev–Trinajstić information content (AvgIpc) is 2.38. The number of hydrogen-bond donors (Lipinski definition) is 2. The zero-order valence-electron chi connectivity index (χ0n) is 11.5. The van der Waals surface area contributed by atoms with E-state index in [1.807, 2.05) is 0 Å². The molecule has 3 N–H and O–H groups in total. The zero-order valence-corrected chi connectivity index (χ0v) is 11.5. The van der Waals surface area contributed by atoms with Crippen LogP contribution in [0.3, 0.4) is 0 Å². The first-order chi connectivity index (χ1) is 8.60. The number of nitrogens with two attached hydrogens (primary N) is 1. The van der Waals surface area contributed by atoms with Gasteiger partial charge in [0.2, 0.25) is 0 Å². The van der Waals surface area contributed by atoms with Crippen molar-refractivity contribution in [3.63, 3.8) is 0 Å². The van der Waals surface area contributed by atoms with Gasteiger partial charge in [0.15, 0.2) is 0 Å². The van der Waals surface area contributed by atoms with Crippen LogP contribution in [0.4, 0.5) is 0 Å². The highest BCUT2D eigenvalue weighted by Gasteiger charge is 2.21. The topological polar surface area (TPSA) is 76.7 Å². The molecule has 1 fully saturated rings. The maximum Gasteiger partial charge on any atom is 0.354 e. The lowest BCUT2D eigenvalue weighted by atomic mass is 10.0. The van der Waals surface area contributed by atoms with Crippen LogP contribution in [0.1, 0.15) is 33.6 Å². The molecule has 1 heterocycles. The Balaban J connectivity index is 2.97. The van der Waals surface area contributed by atoms with Crippen molar-refractivity contribution in [1.82, 2.24) is 5.32 Å². The van der Waals surface area contributed by atoms with Gasteiger partial charge in [-0.25, -0.2) is 4.79 Å². The second-order valence-corrected chi connectivity index (χ2v) is 4.37. The summed E-state index contributed by atoms with van der Waals surface area (Å²) in [5, 5.41) is 3.21. The van der Waals surface area contributed by atoms with E-state index in [0.29, 0.717) is 13.2 Å². The molecule has 0 amide bonds. The van der Waals surface area contributed by atoms with Crippen LogP contribution in [0.15, 0.2) is 16.3 Å². The van der Waals surface area contributed by atoms with Crippen LogP contribution in [0.25, 0.3) is 0 Å². The summed E-state index contributed by atoms with van der Waals surface area (Å²) in [7, 11) is 0. The molecule has 1 rings (SSSR count). The Labute approximate surface area is 108 Å². The molecular weight excluding hydrogens is 230 g/mol. The minimum absolute atomic E-state index is 0.186. The first kappa shape index (κ1) is 14.7.